The lowest BCUT2D eigenvalue weighted by molar-refractivity contribution is 0.0115. The van der Waals surface area contributed by atoms with Crippen molar-refractivity contribution >= 4 is 28.3 Å². The summed E-state index contributed by atoms with van der Waals surface area (Å²) in [5.41, 5.74) is 4.17. The van der Waals surface area contributed by atoms with Crippen molar-refractivity contribution in [1.82, 2.24) is 30.0 Å². The van der Waals surface area contributed by atoms with E-state index in [-0.39, 0.29) is 24.6 Å². The van der Waals surface area contributed by atoms with Crippen molar-refractivity contribution in [2.75, 3.05) is 56.5 Å². The number of amides is 1. The van der Waals surface area contributed by atoms with Crippen molar-refractivity contribution in [2.24, 2.45) is 0 Å². The monoisotopic (exact) mass is 532 g/mol. The summed E-state index contributed by atoms with van der Waals surface area (Å²) in [6.45, 7) is 4.38. The molecule has 2 saturated heterocycles. The van der Waals surface area contributed by atoms with Crippen molar-refractivity contribution in [3.63, 3.8) is 0 Å². The first kappa shape index (κ1) is 25.3. The summed E-state index contributed by atoms with van der Waals surface area (Å²) in [6, 6.07) is 11.4. The summed E-state index contributed by atoms with van der Waals surface area (Å²) in [4.78, 5) is 28.3. The summed E-state index contributed by atoms with van der Waals surface area (Å²) in [7, 11) is 2.11. The van der Waals surface area contributed by atoms with Crippen LogP contribution in [0.4, 0.5) is 20.3 Å². The van der Waals surface area contributed by atoms with Gasteiger partial charge in [-0.15, -0.1) is 0 Å². The molecule has 0 saturated carbocycles. The highest BCUT2D eigenvalue weighted by Gasteiger charge is 2.37. The van der Waals surface area contributed by atoms with Crippen molar-refractivity contribution in [3.05, 3.63) is 66.2 Å². The Morgan fingerprint density at radius 2 is 1.87 bits per heavy atom. The number of hydrogen-bond donors (Lipinski definition) is 2. The van der Waals surface area contributed by atoms with E-state index in [4.69, 9.17) is 0 Å². The van der Waals surface area contributed by atoms with Gasteiger partial charge in [-0.3, -0.25) is 19.8 Å². The standard InChI is InChI=1S/C28H30F2N8O/c1-36-8-10-38(11-9-36)25-5-3-22(16-32-25)33-27(39)26-23-13-20(2-4-24(23)34-35-26)21-12-19(14-31-15-21)17-37-7-6-28(29,30)18-37/h2-5,12-16H,6-11,17-18H2,1H3,(H,33,39)(H,34,35). The molecule has 11 heteroatoms. The summed E-state index contributed by atoms with van der Waals surface area (Å²) >= 11 is 0. The van der Waals surface area contributed by atoms with E-state index in [1.165, 1.54) is 0 Å². The highest BCUT2D eigenvalue weighted by molar-refractivity contribution is 6.11. The van der Waals surface area contributed by atoms with Gasteiger partial charge in [-0.1, -0.05) is 6.07 Å². The maximum Gasteiger partial charge on any atom is 0.276 e. The third-order valence-corrected chi connectivity index (χ3v) is 7.39. The van der Waals surface area contributed by atoms with Gasteiger partial charge in [0.05, 0.1) is 23.9 Å². The molecule has 0 bridgehead atoms. The smallest absolute Gasteiger partial charge is 0.276 e. The second-order valence-corrected chi connectivity index (χ2v) is 10.4. The van der Waals surface area contributed by atoms with Crippen molar-refractivity contribution in [1.29, 1.82) is 0 Å². The van der Waals surface area contributed by atoms with Gasteiger partial charge in [0.1, 0.15) is 5.82 Å². The number of rotatable bonds is 6. The van der Waals surface area contributed by atoms with E-state index in [0.29, 0.717) is 24.2 Å². The molecule has 2 fully saturated rings. The van der Waals surface area contributed by atoms with Crippen LogP contribution in [0.25, 0.3) is 22.0 Å². The maximum atomic E-state index is 13.6. The topological polar surface area (TPSA) is 93.3 Å². The number of aromatic nitrogens is 4. The summed E-state index contributed by atoms with van der Waals surface area (Å²) < 4.78 is 27.2. The Hall–Kier alpha value is -3.96. The first-order valence-corrected chi connectivity index (χ1v) is 13.1. The van der Waals surface area contributed by atoms with Crippen molar-refractivity contribution in [2.45, 2.75) is 18.9 Å². The lowest BCUT2D eigenvalue weighted by atomic mass is 10.0. The second kappa shape index (κ2) is 10.3. The molecular formula is C28H30F2N8O. The molecule has 0 atom stereocenters. The van der Waals surface area contributed by atoms with Crippen molar-refractivity contribution < 1.29 is 13.6 Å². The predicted molar refractivity (Wildman–Crippen MR) is 146 cm³/mol. The molecule has 6 rings (SSSR count). The Morgan fingerprint density at radius 3 is 2.62 bits per heavy atom. The zero-order valence-electron chi connectivity index (χ0n) is 21.7. The lowest BCUT2D eigenvalue weighted by Gasteiger charge is -2.33. The van der Waals surface area contributed by atoms with Gasteiger partial charge in [0, 0.05) is 69.0 Å². The minimum Gasteiger partial charge on any atom is -0.354 e. The molecule has 0 unspecified atom stereocenters. The van der Waals surface area contributed by atoms with E-state index < -0.39 is 5.92 Å². The van der Waals surface area contributed by atoms with Crippen molar-refractivity contribution in [3.8, 4) is 11.1 Å². The maximum absolute atomic E-state index is 13.6. The van der Waals surface area contributed by atoms with Gasteiger partial charge in [-0.25, -0.2) is 13.8 Å². The molecule has 5 heterocycles. The minimum atomic E-state index is -2.63. The van der Waals surface area contributed by atoms with Crippen LogP contribution >= 0.6 is 0 Å². The molecule has 39 heavy (non-hydrogen) atoms. The molecule has 4 aromatic rings. The lowest BCUT2D eigenvalue weighted by Crippen LogP contribution is -2.44. The molecule has 1 aromatic carbocycles. The van der Waals surface area contributed by atoms with Gasteiger partial charge in [0.15, 0.2) is 5.69 Å². The molecule has 1 amide bonds. The zero-order chi connectivity index (χ0) is 27.0. The number of halogens is 2. The Labute approximate surface area is 224 Å². The molecule has 3 aromatic heterocycles. The number of H-pyrrole nitrogens is 1. The van der Waals surface area contributed by atoms with Crippen LogP contribution in [0.5, 0.6) is 0 Å². The molecule has 202 valence electrons. The molecule has 2 N–H and O–H groups in total. The SMILES string of the molecule is CN1CCN(c2ccc(NC(=O)c3n[nH]c4ccc(-c5cncc(CN6CCC(F)(F)C6)c5)cc34)cn2)CC1. The first-order chi connectivity index (χ1) is 18.8. The number of nitrogens with one attached hydrogen (secondary N) is 2. The van der Waals surface area contributed by atoms with Gasteiger partial charge in [-0.2, -0.15) is 5.10 Å². The first-order valence-electron chi connectivity index (χ1n) is 13.1. The second-order valence-electron chi connectivity index (χ2n) is 10.4. The van der Waals surface area contributed by atoms with Gasteiger partial charge in [-0.05, 0) is 48.5 Å². The number of likely N-dealkylation sites (tertiary alicyclic amines) is 1. The molecule has 0 aliphatic carbocycles. The Kier molecular flexibility index (Phi) is 6.69. The van der Waals surface area contributed by atoms with Gasteiger partial charge >= 0.3 is 0 Å². The number of nitrogens with zero attached hydrogens (tertiary/aromatic N) is 6. The minimum absolute atomic E-state index is 0.113. The number of aromatic amines is 1. The largest absolute Gasteiger partial charge is 0.354 e. The number of pyridine rings is 2. The average Bonchev–Trinajstić information content (AvgIpc) is 3.51. The molecule has 0 radical (unpaired) electrons. The van der Waals surface area contributed by atoms with Gasteiger partial charge < -0.3 is 15.1 Å². The quantitative estimate of drug-likeness (QED) is 0.390. The number of carbonyl (C=O) groups excluding carboxylic acids is 1. The van der Waals surface area contributed by atoms with Crippen LogP contribution in [0.1, 0.15) is 22.5 Å². The molecule has 9 nitrogen and oxygen atoms in total. The van der Waals surface area contributed by atoms with Crippen LogP contribution in [0.15, 0.2) is 55.0 Å². The number of likely N-dealkylation sites (N-methyl/N-ethyl adjacent to an activating group) is 1. The fourth-order valence-electron chi connectivity index (χ4n) is 5.17. The molecule has 0 spiro atoms. The predicted octanol–water partition coefficient (Wildman–Crippen LogP) is 3.87. The third kappa shape index (κ3) is 5.59. The third-order valence-electron chi connectivity index (χ3n) is 7.39. The summed E-state index contributed by atoms with van der Waals surface area (Å²) in [5, 5.41) is 10.8. The van der Waals surface area contributed by atoms with E-state index in [0.717, 1.165) is 54.2 Å². The fourth-order valence-corrected chi connectivity index (χ4v) is 5.17. The average molecular weight is 533 g/mol. The summed E-state index contributed by atoms with van der Waals surface area (Å²) in [6.07, 6.45) is 4.99. The number of hydrogen-bond acceptors (Lipinski definition) is 7. The van der Waals surface area contributed by atoms with Crippen LogP contribution in [0.2, 0.25) is 0 Å². The Morgan fingerprint density at radius 1 is 1.03 bits per heavy atom. The highest BCUT2D eigenvalue weighted by Crippen LogP contribution is 2.30. The molecule has 2 aliphatic rings. The summed E-state index contributed by atoms with van der Waals surface area (Å²) in [5.74, 6) is -2.07. The van der Waals surface area contributed by atoms with E-state index >= 15 is 0 Å². The Bertz CT molecular complexity index is 1480. The number of alkyl halides is 2. The fraction of sp³-hybridized carbons (Fsp3) is 0.357. The number of benzene rings is 1. The highest BCUT2D eigenvalue weighted by atomic mass is 19.3. The van der Waals surface area contributed by atoms with E-state index in [1.807, 2.05) is 36.4 Å². The van der Waals surface area contributed by atoms with Crippen LogP contribution in [-0.4, -0.2) is 88.1 Å². The molecule has 2 aliphatic heterocycles. The van der Waals surface area contributed by atoms with E-state index in [1.54, 1.807) is 23.5 Å². The number of carbonyl (C=O) groups is 1. The number of fused-ring (bicyclic) bond motifs is 1. The van der Waals surface area contributed by atoms with Crippen LogP contribution in [0, 0.1) is 0 Å². The van der Waals surface area contributed by atoms with E-state index in [2.05, 4.69) is 42.3 Å². The van der Waals surface area contributed by atoms with Crippen LogP contribution in [-0.2, 0) is 6.54 Å². The number of piperazine rings is 1. The number of anilines is 2. The van der Waals surface area contributed by atoms with E-state index in [9.17, 15) is 13.6 Å². The van der Waals surface area contributed by atoms with Crippen LogP contribution in [0.3, 0.4) is 0 Å². The van der Waals surface area contributed by atoms with Crippen LogP contribution < -0.4 is 10.2 Å². The molecular weight excluding hydrogens is 502 g/mol. The zero-order valence-corrected chi connectivity index (χ0v) is 21.7. The van der Waals surface area contributed by atoms with Gasteiger partial charge in [0.25, 0.3) is 11.8 Å². The Balaban J connectivity index is 1.17. The normalized spacial score (nSPS) is 18.1. The van der Waals surface area contributed by atoms with Gasteiger partial charge in [0.2, 0.25) is 0 Å².